The molecule has 28 heavy (non-hydrogen) atoms. The Morgan fingerprint density at radius 3 is 2.86 bits per heavy atom. The van der Waals surface area contributed by atoms with E-state index in [4.69, 9.17) is 4.74 Å². The number of fused-ring (bicyclic) bond motifs is 1. The van der Waals surface area contributed by atoms with Gasteiger partial charge in [-0.25, -0.2) is 0 Å². The Labute approximate surface area is 171 Å². The Kier molecular flexibility index (Phi) is 6.65. The summed E-state index contributed by atoms with van der Waals surface area (Å²) in [6.07, 6.45) is 2.03. The van der Waals surface area contributed by atoms with Gasteiger partial charge >= 0.3 is 0 Å². The summed E-state index contributed by atoms with van der Waals surface area (Å²) < 4.78 is 5.86. The maximum atomic E-state index is 10.3. The molecule has 1 unspecified atom stereocenters. The minimum atomic E-state index is -0.516. The van der Waals surface area contributed by atoms with Gasteiger partial charge in [0, 0.05) is 44.1 Å². The molecule has 1 aromatic carbocycles. The summed E-state index contributed by atoms with van der Waals surface area (Å²) in [6, 6.07) is 10.5. The number of ether oxygens (including phenoxy) is 1. The van der Waals surface area contributed by atoms with Crippen LogP contribution in [0.15, 0.2) is 35.7 Å². The van der Waals surface area contributed by atoms with E-state index >= 15 is 0 Å². The number of rotatable bonds is 7. The van der Waals surface area contributed by atoms with Crippen LogP contribution in [0.2, 0.25) is 0 Å². The van der Waals surface area contributed by atoms with Crippen LogP contribution in [0, 0.1) is 0 Å². The number of β-amino-alcohol motifs (C(OH)–C–C–N with tert-alkyl or cyclic N) is 1. The van der Waals surface area contributed by atoms with E-state index in [1.54, 1.807) is 0 Å². The smallest absolute Gasteiger partial charge is 0.119 e. The largest absolute Gasteiger partial charge is 0.491 e. The Bertz CT molecular complexity index is 758. The lowest BCUT2D eigenvalue weighted by Gasteiger charge is -2.30. The van der Waals surface area contributed by atoms with Crippen molar-refractivity contribution >= 4 is 11.3 Å². The van der Waals surface area contributed by atoms with E-state index < -0.39 is 6.10 Å². The van der Waals surface area contributed by atoms with Crippen molar-refractivity contribution in [2.24, 2.45) is 0 Å². The van der Waals surface area contributed by atoms with E-state index in [-0.39, 0.29) is 6.10 Å². The number of aliphatic hydroxyl groups is 2. The second-order valence-electron chi connectivity index (χ2n) is 7.97. The van der Waals surface area contributed by atoms with E-state index in [2.05, 4.69) is 33.4 Å². The summed E-state index contributed by atoms with van der Waals surface area (Å²) in [4.78, 5) is 6.21. The number of piperidine rings is 1. The van der Waals surface area contributed by atoms with Crippen molar-refractivity contribution in [1.29, 1.82) is 0 Å². The van der Waals surface area contributed by atoms with Gasteiger partial charge in [0.05, 0.1) is 6.10 Å². The van der Waals surface area contributed by atoms with Gasteiger partial charge in [0.15, 0.2) is 0 Å². The summed E-state index contributed by atoms with van der Waals surface area (Å²) in [7, 11) is 0. The molecular weight excluding hydrogens is 372 g/mol. The molecule has 4 rings (SSSR count). The van der Waals surface area contributed by atoms with Crippen LogP contribution in [0.1, 0.15) is 28.8 Å². The Morgan fingerprint density at radius 2 is 2.00 bits per heavy atom. The minimum Gasteiger partial charge on any atom is -0.491 e. The van der Waals surface area contributed by atoms with Crippen molar-refractivity contribution < 1.29 is 14.9 Å². The first-order valence-corrected chi connectivity index (χ1v) is 11.1. The molecule has 1 saturated heterocycles. The van der Waals surface area contributed by atoms with Gasteiger partial charge in [0.25, 0.3) is 0 Å². The molecular formula is C22H30N2O3S. The Hall–Kier alpha value is -1.44. The second kappa shape index (κ2) is 9.37. The van der Waals surface area contributed by atoms with Gasteiger partial charge in [-0.15, -0.1) is 11.3 Å². The van der Waals surface area contributed by atoms with Crippen molar-refractivity contribution in [3.63, 3.8) is 0 Å². The number of benzene rings is 1. The predicted molar refractivity (Wildman–Crippen MR) is 112 cm³/mol. The lowest BCUT2D eigenvalue weighted by atomic mass is 10.1. The van der Waals surface area contributed by atoms with E-state index in [1.165, 1.54) is 16.0 Å². The molecule has 6 heteroatoms. The van der Waals surface area contributed by atoms with Gasteiger partial charge in [0.2, 0.25) is 0 Å². The normalized spacial score (nSPS) is 20.1. The van der Waals surface area contributed by atoms with Gasteiger partial charge in [-0.05, 0) is 54.0 Å². The third-order valence-electron chi connectivity index (χ3n) is 5.66. The average Bonchev–Trinajstić information content (AvgIpc) is 3.16. The predicted octanol–water partition coefficient (Wildman–Crippen LogP) is 2.50. The average molecular weight is 403 g/mol. The number of hydrogen-bond donors (Lipinski definition) is 2. The van der Waals surface area contributed by atoms with Crippen molar-refractivity contribution in [1.82, 2.24) is 9.80 Å². The summed E-state index contributed by atoms with van der Waals surface area (Å²) in [6.45, 7) is 5.62. The van der Waals surface area contributed by atoms with E-state index in [0.29, 0.717) is 13.2 Å². The van der Waals surface area contributed by atoms with E-state index in [1.807, 2.05) is 23.5 Å². The van der Waals surface area contributed by atoms with Crippen molar-refractivity contribution in [2.75, 3.05) is 32.8 Å². The molecule has 0 radical (unpaired) electrons. The molecule has 3 heterocycles. The molecule has 152 valence electrons. The fraction of sp³-hybridized carbons (Fsp3) is 0.545. The Morgan fingerprint density at radius 1 is 1.14 bits per heavy atom. The molecule has 2 aliphatic rings. The van der Waals surface area contributed by atoms with Crippen molar-refractivity contribution in [3.05, 3.63) is 51.7 Å². The van der Waals surface area contributed by atoms with E-state index in [9.17, 15) is 10.2 Å². The zero-order valence-electron chi connectivity index (χ0n) is 16.3. The third kappa shape index (κ3) is 5.33. The molecule has 0 aliphatic carbocycles. The molecule has 2 aliphatic heterocycles. The molecule has 0 saturated carbocycles. The number of likely N-dealkylation sites (tertiary alicyclic amines) is 1. The zero-order chi connectivity index (χ0) is 19.3. The standard InChI is InChI=1S/C22H30N2O3S/c25-19-4-8-23(9-5-19)15-20(26)16-27-21-3-1-2-17(12-21)13-24-10-6-22-18(14-24)7-11-28-22/h1-3,7,11-12,19-20,25-26H,4-6,8-10,13-16H2. The summed E-state index contributed by atoms with van der Waals surface area (Å²) in [5, 5.41) is 22.1. The first-order chi connectivity index (χ1) is 13.7. The molecule has 0 spiro atoms. The SMILES string of the molecule is OC1CCN(CC(O)COc2cccc(CN3CCc4sccc4C3)c2)CC1. The minimum absolute atomic E-state index is 0.182. The molecule has 2 N–H and O–H groups in total. The number of hydrogen-bond acceptors (Lipinski definition) is 6. The molecule has 5 nitrogen and oxygen atoms in total. The highest BCUT2D eigenvalue weighted by atomic mass is 32.1. The zero-order valence-corrected chi connectivity index (χ0v) is 17.1. The highest BCUT2D eigenvalue weighted by Gasteiger charge is 2.20. The molecule has 0 bridgehead atoms. The maximum Gasteiger partial charge on any atom is 0.119 e. The lowest BCUT2D eigenvalue weighted by molar-refractivity contribution is 0.0337. The summed E-state index contributed by atoms with van der Waals surface area (Å²) >= 11 is 1.87. The monoisotopic (exact) mass is 402 g/mol. The molecule has 0 amide bonds. The molecule has 1 aromatic heterocycles. The number of nitrogens with zero attached hydrogens (tertiary/aromatic N) is 2. The van der Waals surface area contributed by atoms with Gasteiger partial charge in [-0.2, -0.15) is 0 Å². The topological polar surface area (TPSA) is 56.2 Å². The quantitative estimate of drug-likeness (QED) is 0.745. The third-order valence-corrected chi connectivity index (χ3v) is 6.68. The number of thiophene rings is 1. The van der Waals surface area contributed by atoms with Crippen LogP contribution < -0.4 is 4.74 Å². The van der Waals surface area contributed by atoms with Crippen molar-refractivity contribution in [2.45, 2.75) is 44.6 Å². The fourth-order valence-electron chi connectivity index (χ4n) is 4.08. The Balaban J connectivity index is 1.24. The summed E-state index contributed by atoms with van der Waals surface area (Å²) in [5.74, 6) is 0.818. The lowest BCUT2D eigenvalue weighted by Crippen LogP contribution is -2.41. The van der Waals surface area contributed by atoms with Crippen molar-refractivity contribution in [3.8, 4) is 5.75 Å². The van der Waals surface area contributed by atoms with Crippen LogP contribution in [0.3, 0.4) is 0 Å². The van der Waals surface area contributed by atoms with Gasteiger partial charge in [-0.3, -0.25) is 4.90 Å². The van der Waals surface area contributed by atoms with Crippen LogP contribution in [0.5, 0.6) is 5.75 Å². The maximum absolute atomic E-state index is 10.3. The fourth-order valence-corrected chi connectivity index (χ4v) is 4.97. The van der Waals surface area contributed by atoms with Crippen LogP contribution in [0.4, 0.5) is 0 Å². The highest BCUT2D eigenvalue weighted by molar-refractivity contribution is 7.10. The number of aliphatic hydroxyl groups excluding tert-OH is 2. The van der Waals surface area contributed by atoms with Gasteiger partial charge in [-0.1, -0.05) is 12.1 Å². The van der Waals surface area contributed by atoms with Gasteiger partial charge < -0.3 is 19.8 Å². The summed E-state index contributed by atoms with van der Waals surface area (Å²) in [5.41, 5.74) is 2.72. The van der Waals surface area contributed by atoms with Crippen LogP contribution in [0.25, 0.3) is 0 Å². The molecule has 1 atom stereocenters. The van der Waals surface area contributed by atoms with E-state index in [0.717, 1.165) is 57.7 Å². The first kappa shape index (κ1) is 19.9. The highest BCUT2D eigenvalue weighted by Crippen LogP contribution is 2.25. The molecule has 1 fully saturated rings. The van der Waals surface area contributed by atoms with Gasteiger partial charge in [0.1, 0.15) is 18.5 Å². The van der Waals surface area contributed by atoms with Crippen LogP contribution >= 0.6 is 11.3 Å². The molecule has 2 aromatic rings. The second-order valence-corrected chi connectivity index (χ2v) is 8.97. The first-order valence-electron chi connectivity index (χ1n) is 10.2. The van der Waals surface area contributed by atoms with Crippen LogP contribution in [-0.2, 0) is 19.5 Å². The van der Waals surface area contributed by atoms with Crippen LogP contribution in [-0.4, -0.2) is 65.0 Å².